The summed E-state index contributed by atoms with van der Waals surface area (Å²) in [5.41, 5.74) is 6.97. The molecule has 0 amide bonds. The molecule has 0 aliphatic carbocycles. The minimum absolute atomic E-state index is 0.414. The van der Waals surface area contributed by atoms with E-state index >= 15 is 0 Å². The summed E-state index contributed by atoms with van der Waals surface area (Å²) in [4.78, 5) is 7.94. The number of imidazole rings is 1. The van der Waals surface area contributed by atoms with Crippen molar-refractivity contribution < 1.29 is 0 Å². The van der Waals surface area contributed by atoms with Crippen molar-refractivity contribution in [2.24, 2.45) is 0 Å². The molecule has 0 unspecified atom stereocenters. The molecule has 27 heavy (non-hydrogen) atoms. The fraction of sp³-hybridized carbons (Fsp3) is 0.364. The summed E-state index contributed by atoms with van der Waals surface area (Å²) >= 11 is 0. The number of nitrogens with one attached hydrogen (secondary N) is 2. The van der Waals surface area contributed by atoms with Crippen LogP contribution >= 0.6 is 0 Å². The molecule has 2 N–H and O–H groups in total. The van der Waals surface area contributed by atoms with E-state index in [1.807, 2.05) is 16.8 Å². The third kappa shape index (κ3) is 2.82. The Kier molecular flexibility index (Phi) is 3.97. The predicted octanol–water partition coefficient (Wildman–Crippen LogP) is 4.47. The summed E-state index contributed by atoms with van der Waals surface area (Å²) in [5.74, 6) is 1.08. The minimum atomic E-state index is 0.414. The smallest absolute Gasteiger partial charge is 0.153 e. The first-order valence-corrected chi connectivity index (χ1v) is 9.87. The van der Waals surface area contributed by atoms with Crippen LogP contribution < -0.4 is 5.32 Å². The second-order valence-corrected chi connectivity index (χ2v) is 7.85. The highest BCUT2D eigenvalue weighted by Crippen LogP contribution is 2.37. The van der Waals surface area contributed by atoms with E-state index in [0.29, 0.717) is 11.8 Å². The summed E-state index contributed by atoms with van der Waals surface area (Å²) in [6.07, 6.45) is 6.12. The van der Waals surface area contributed by atoms with Crippen LogP contribution in [0.4, 0.5) is 0 Å². The quantitative estimate of drug-likeness (QED) is 0.567. The molecule has 1 aliphatic heterocycles. The highest BCUT2D eigenvalue weighted by atomic mass is 15.2. The lowest BCUT2D eigenvalue weighted by Crippen LogP contribution is -2.26. The molecule has 5 nitrogen and oxygen atoms in total. The van der Waals surface area contributed by atoms with Gasteiger partial charge in [-0.15, -0.1) is 0 Å². The first-order valence-electron chi connectivity index (χ1n) is 9.87. The lowest BCUT2D eigenvalue weighted by atomic mass is 9.88. The maximum absolute atomic E-state index is 4.77. The van der Waals surface area contributed by atoms with Gasteiger partial charge in [-0.1, -0.05) is 19.9 Å². The molecule has 5 rings (SSSR count). The number of piperidine rings is 1. The Morgan fingerprint density at radius 3 is 2.78 bits per heavy atom. The molecular formula is C22H25N5. The molecule has 1 aromatic carbocycles. The largest absolute Gasteiger partial charge is 0.353 e. The Morgan fingerprint density at radius 2 is 1.96 bits per heavy atom. The highest BCUT2D eigenvalue weighted by molar-refractivity contribution is 5.91. The van der Waals surface area contributed by atoms with Crippen molar-refractivity contribution in [2.45, 2.75) is 38.5 Å². The van der Waals surface area contributed by atoms with Crippen LogP contribution in [-0.2, 0) is 0 Å². The summed E-state index contributed by atoms with van der Waals surface area (Å²) in [6, 6.07) is 11.1. The number of H-pyrrole nitrogens is 1. The fourth-order valence-corrected chi connectivity index (χ4v) is 4.39. The van der Waals surface area contributed by atoms with Gasteiger partial charge in [-0.05, 0) is 73.2 Å². The molecule has 4 aromatic rings. The van der Waals surface area contributed by atoms with Crippen molar-refractivity contribution in [1.29, 1.82) is 0 Å². The molecule has 0 radical (unpaired) electrons. The van der Waals surface area contributed by atoms with Crippen molar-refractivity contribution in [3.05, 3.63) is 53.9 Å². The number of aromatic amines is 1. The molecule has 0 spiro atoms. The van der Waals surface area contributed by atoms with Crippen LogP contribution in [0.25, 0.3) is 27.9 Å². The lowest BCUT2D eigenvalue weighted by molar-refractivity contribution is 0.460. The van der Waals surface area contributed by atoms with Crippen LogP contribution in [0.3, 0.4) is 0 Å². The molecule has 0 bridgehead atoms. The van der Waals surface area contributed by atoms with Crippen LogP contribution in [0.1, 0.15) is 49.7 Å². The van der Waals surface area contributed by atoms with E-state index < -0.39 is 0 Å². The highest BCUT2D eigenvalue weighted by Gasteiger charge is 2.20. The molecule has 1 saturated heterocycles. The average Bonchev–Trinajstić information content (AvgIpc) is 3.31. The lowest BCUT2D eigenvalue weighted by Gasteiger charge is -2.23. The third-order valence-electron chi connectivity index (χ3n) is 5.76. The zero-order valence-electron chi connectivity index (χ0n) is 15.9. The summed E-state index contributed by atoms with van der Waals surface area (Å²) in [7, 11) is 0. The Hall–Kier alpha value is -2.66. The number of rotatable bonds is 3. The van der Waals surface area contributed by atoms with Gasteiger partial charge in [-0.25, -0.2) is 9.50 Å². The number of nitrogens with zero attached hydrogens (tertiary/aromatic N) is 3. The van der Waals surface area contributed by atoms with E-state index in [0.717, 1.165) is 30.1 Å². The molecule has 5 heteroatoms. The van der Waals surface area contributed by atoms with Gasteiger partial charge < -0.3 is 10.3 Å². The first-order chi connectivity index (χ1) is 13.2. The van der Waals surface area contributed by atoms with E-state index in [4.69, 9.17) is 5.10 Å². The molecule has 138 valence electrons. The molecule has 0 saturated carbocycles. The zero-order chi connectivity index (χ0) is 18.4. The van der Waals surface area contributed by atoms with E-state index in [2.05, 4.69) is 53.4 Å². The van der Waals surface area contributed by atoms with Gasteiger partial charge in [0.25, 0.3) is 0 Å². The first kappa shape index (κ1) is 16.5. The monoisotopic (exact) mass is 359 g/mol. The van der Waals surface area contributed by atoms with Crippen LogP contribution in [-0.4, -0.2) is 32.7 Å². The van der Waals surface area contributed by atoms with Gasteiger partial charge in [0.2, 0.25) is 0 Å². The normalized spacial score (nSPS) is 16.0. The van der Waals surface area contributed by atoms with E-state index in [1.165, 1.54) is 34.9 Å². The molecule has 0 atom stereocenters. The van der Waals surface area contributed by atoms with Crippen molar-refractivity contribution >= 4 is 16.6 Å². The Labute approximate surface area is 158 Å². The van der Waals surface area contributed by atoms with E-state index in [1.54, 1.807) is 6.20 Å². The van der Waals surface area contributed by atoms with Gasteiger partial charge in [0.1, 0.15) is 5.69 Å². The number of hydrogen-bond donors (Lipinski definition) is 2. The maximum Gasteiger partial charge on any atom is 0.153 e. The van der Waals surface area contributed by atoms with Crippen molar-refractivity contribution in [1.82, 2.24) is 24.9 Å². The Morgan fingerprint density at radius 1 is 1.11 bits per heavy atom. The van der Waals surface area contributed by atoms with Gasteiger partial charge in [0.15, 0.2) is 5.65 Å². The van der Waals surface area contributed by atoms with E-state index in [-0.39, 0.29) is 0 Å². The van der Waals surface area contributed by atoms with E-state index in [9.17, 15) is 0 Å². The van der Waals surface area contributed by atoms with Crippen molar-refractivity contribution in [2.75, 3.05) is 13.1 Å². The van der Waals surface area contributed by atoms with Gasteiger partial charge in [-0.3, -0.25) is 0 Å². The van der Waals surface area contributed by atoms with Gasteiger partial charge in [-0.2, -0.15) is 5.10 Å². The molecule has 1 aliphatic rings. The fourth-order valence-electron chi connectivity index (χ4n) is 4.39. The minimum Gasteiger partial charge on any atom is -0.353 e. The molecular weight excluding hydrogens is 334 g/mol. The maximum atomic E-state index is 4.77. The average molecular weight is 359 g/mol. The number of hydrogen-bond acceptors (Lipinski definition) is 3. The SMILES string of the molecule is CC(C)c1c(-c2ccc3nccn3n2)[nH]c2ccc(C3CCNCC3)cc12. The number of benzene rings is 1. The second kappa shape index (κ2) is 6.50. The number of aromatic nitrogens is 4. The molecule has 4 heterocycles. The summed E-state index contributed by atoms with van der Waals surface area (Å²) in [5, 5.41) is 9.57. The van der Waals surface area contributed by atoms with Crippen LogP contribution in [0.2, 0.25) is 0 Å². The standard InChI is InChI=1S/C22H25N5/c1-14(2)21-17-13-16(15-7-9-23-10-8-15)3-4-18(17)25-22(21)19-5-6-20-24-11-12-27(20)26-19/h3-6,11-15,23,25H,7-10H2,1-2H3. The second-order valence-electron chi connectivity index (χ2n) is 7.85. The van der Waals surface area contributed by atoms with Gasteiger partial charge >= 0.3 is 0 Å². The van der Waals surface area contributed by atoms with Crippen molar-refractivity contribution in [3.8, 4) is 11.4 Å². The topological polar surface area (TPSA) is 58.0 Å². The Balaban J connectivity index is 1.66. The summed E-state index contributed by atoms with van der Waals surface area (Å²) < 4.78 is 1.84. The Bertz CT molecular complexity index is 1100. The summed E-state index contributed by atoms with van der Waals surface area (Å²) in [6.45, 7) is 6.76. The van der Waals surface area contributed by atoms with Crippen LogP contribution in [0, 0.1) is 0 Å². The van der Waals surface area contributed by atoms with Crippen LogP contribution in [0.5, 0.6) is 0 Å². The van der Waals surface area contributed by atoms with Gasteiger partial charge in [0.05, 0.1) is 5.69 Å². The third-order valence-corrected chi connectivity index (χ3v) is 5.76. The zero-order valence-corrected chi connectivity index (χ0v) is 15.9. The van der Waals surface area contributed by atoms with Gasteiger partial charge in [0, 0.05) is 23.3 Å². The predicted molar refractivity (Wildman–Crippen MR) is 109 cm³/mol. The van der Waals surface area contributed by atoms with Crippen molar-refractivity contribution in [3.63, 3.8) is 0 Å². The van der Waals surface area contributed by atoms with Crippen LogP contribution in [0.15, 0.2) is 42.7 Å². The molecule has 3 aromatic heterocycles. The molecule has 1 fully saturated rings. The number of fused-ring (bicyclic) bond motifs is 2.